The second kappa shape index (κ2) is 5.16. The fourth-order valence-corrected chi connectivity index (χ4v) is 2.77. The van der Waals surface area contributed by atoms with E-state index in [0.717, 1.165) is 9.52 Å². The molecule has 2 heterocycles. The Morgan fingerprint density at radius 1 is 1.43 bits per heavy atom. The summed E-state index contributed by atoms with van der Waals surface area (Å²) in [6.07, 6.45) is 6.22. The van der Waals surface area contributed by atoms with Crippen LogP contribution in [-0.4, -0.2) is 27.5 Å². The van der Waals surface area contributed by atoms with Crippen LogP contribution in [-0.2, 0) is 0 Å². The van der Waals surface area contributed by atoms with Crippen molar-refractivity contribution in [1.29, 1.82) is 0 Å². The molecule has 1 saturated heterocycles. The van der Waals surface area contributed by atoms with Crippen LogP contribution in [0.5, 0.6) is 0 Å². The molecule has 1 atom stereocenters. The molecule has 0 bridgehead atoms. The maximum Gasteiger partial charge on any atom is 0.222 e. The van der Waals surface area contributed by atoms with Crippen LogP contribution >= 0.6 is 34.4 Å². The first-order chi connectivity index (χ1) is 6.84. The minimum absolute atomic E-state index is 0.550. The van der Waals surface area contributed by atoms with Gasteiger partial charge < -0.3 is 5.32 Å². The summed E-state index contributed by atoms with van der Waals surface area (Å²) in [6, 6.07) is 0.550. The van der Waals surface area contributed by atoms with E-state index >= 15 is 0 Å². The third kappa shape index (κ3) is 2.98. The third-order valence-electron chi connectivity index (χ3n) is 2.11. The molecule has 1 aromatic rings. The van der Waals surface area contributed by atoms with Crippen molar-refractivity contribution in [2.45, 2.75) is 18.9 Å². The van der Waals surface area contributed by atoms with E-state index in [1.54, 1.807) is 0 Å². The lowest BCUT2D eigenvalue weighted by Gasteiger charge is -2.22. The number of halogens is 1. The number of hydrogen-bond acceptors (Lipinski definition) is 4. The van der Waals surface area contributed by atoms with Gasteiger partial charge in [0.25, 0.3) is 0 Å². The van der Waals surface area contributed by atoms with Crippen molar-refractivity contribution in [1.82, 2.24) is 9.97 Å². The summed E-state index contributed by atoms with van der Waals surface area (Å²) in [5.74, 6) is 3.24. The van der Waals surface area contributed by atoms with Crippen LogP contribution in [0.3, 0.4) is 0 Å². The lowest BCUT2D eigenvalue weighted by Crippen LogP contribution is -2.26. The maximum absolute atomic E-state index is 4.23. The molecule has 1 aliphatic heterocycles. The summed E-state index contributed by atoms with van der Waals surface area (Å²) < 4.78 is 1.08. The van der Waals surface area contributed by atoms with Gasteiger partial charge in [-0.25, -0.2) is 9.97 Å². The van der Waals surface area contributed by atoms with Gasteiger partial charge in [-0.15, -0.1) is 0 Å². The minimum Gasteiger partial charge on any atom is -0.351 e. The van der Waals surface area contributed by atoms with Gasteiger partial charge in [0.05, 0.1) is 0 Å². The molecule has 1 aliphatic rings. The van der Waals surface area contributed by atoms with E-state index in [4.69, 9.17) is 0 Å². The van der Waals surface area contributed by atoms with Crippen LogP contribution in [0.4, 0.5) is 5.95 Å². The second-order valence-corrected chi connectivity index (χ2v) is 5.68. The highest BCUT2D eigenvalue weighted by Crippen LogP contribution is 2.19. The Kier molecular flexibility index (Phi) is 3.86. The number of nitrogens with zero attached hydrogens (tertiary/aromatic N) is 2. The Bertz CT molecular complexity index is 285. The van der Waals surface area contributed by atoms with E-state index in [-0.39, 0.29) is 0 Å². The van der Waals surface area contributed by atoms with Gasteiger partial charge in [0.2, 0.25) is 5.95 Å². The van der Waals surface area contributed by atoms with E-state index in [9.17, 15) is 0 Å². The monoisotopic (exact) mass is 321 g/mol. The standard InChI is InChI=1S/C9H12IN3S/c10-7-4-11-9(12-5-7)13-8-2-1-3-14-6-8/h4-5,8H,1-3,6H2,(H,11,12,13). The van der Waals surface area contributed by atoms with Crippen molar-refractivity contribution in [2.24, 2.45) is 0 Å². The first-order valence-electron chi connectivity index (χ1n) is 4.66. The number of anilines is 1. The number of rotatable bonds is 2. The van der Waals surface area contributed by atoms with E-state index in [1.807, 2.05) is 24.2 Å². The Balaban J connectivity index is 1.92. The molecule has 76 valence electrons. The predicted octanol–water partition coefficient (Wildman–Crippen LogP) is 2.39. The molecular weight excluding hydrogens is 309 g/mol. The van der Waals surface area contributed by atoms with Gasteiger partial charge in [-0.05, 0) is 41.2 Å². The van der Waals surface area contributed by atoms with Crippen molar-refractivity contribution in [3.63, 3.8) is 0 Å². The summed E-state index contributed by atoms with van der Waals surface area (Å²) in [7, 11) is 0. The zero-order chi connectivity index (χ0) is 9.80. The Morgan fingerprint density at radius 2 is 2.21 bits per heavy atom. The van der Waals surface area contributed by atoms with Crippen LogP contribution < -0.4 is 5.32 Å². The van der Waals surface area contributed by atoms with Crippen LogP contribution in [0.25, 0.3) is 0 Å². The smallest absolute Gasteiger partial charge is 0.222 e. The van der Waals surface area contributed by atoms with Crippen LogP contribution in [0.15, 0.2) is 12.4 Å². The highest BCUT2D eigenvalue weighted by molar-refractivity contribution is 14.1. The zero-order valence-electron chi connectivity index (χ0n) is 7.74. The molecule has 0 spiro atoms. The minimum atomic E-state index is 0.550. The van der Waals surface area contributed by atoms with E-state index in [0.29, 0.717) is 6.04 Å². The molecular formula is C9H12IN3S. The van der Waals surface area contributed by atoms with Gasteiger partial charge in [-0.1, -0.05) is 0 Å². The summed E-state index contributed by atoms with van der Waals surface area (Å²) in [6.45, 7) is 0. The molecule has 2 rings (SSSR count). The lowest BCUT2D eigenvalue weighted by atomic mass is 10.2. The van der Waals surface area contributed by atoms with Crippen molar-refractivity contribution < 1.29 is 0 Å². The SMILES string of the molecule is Ic1cnc(NC2CCCSC2)nc1. The average Bonchev–Trinajstić information content (AvgIpc) is 2.23. The van der Waals surface area contributed by atoms with Gasteiger partial charge >= 0.3 is 0 Å². The number of thioether (sulfide) groups is 1. The molecule has 3 nitrogen and oxygen atoms in total. The Labute approximate surface area is 102 Å². The van der Waals surface area contributed by atoms with Gasteiger partial charge in [-0.3, -0.25) is 0 Å². The van der Waals surface area contributed by atoms with Gasteiger partial charge in [0, 0.05) is 27.8 Å². The Morgan fingerprint density at radius 3 is 2.86 bits per heavy atom. The normalized spacial score (nSPS) is 21.9. The van der Waals surface area contributed by atoms with E-state index in [2.05, 4.69) is 37.9 Å². The topological polar surface area (TPSA) is 37.8 Å². The molecule has 0 saturated carbocycles. The fourth-order valence-electron chi connectivity index (χ4n) is 1.42. The molecule has 14 heavy (non-hydrogen) atoms. The van der Waals surface area contributed by atoms with Gasteiger partial charge in [0.1, 0.15) is 0 Å². The number of aromatic nitrogens is 2. The lowest BCUT2D eigenvalue weighted by molar-refractivity contribution is 0.678. The molecule has 0 aromatic carbocycles. The molecule has 1 unspecified atom stereocenters. The average molecular weight is 321 g/mol. The summed E-state index contributed by atoms with van der Waals surface area (Å²) in [5.41, 5.74) is 0. The van der Waals surface area contributed by atoms with Crippen LogP contribution in [0.2, 0.25) is 0 Å². The molecule has 0 aliphatic carbocycles. The van der Waals surface area contributed by atoms with Crippen molar-refractivity contribution in [3.8, 4) is 0 Å². The van der Waals surface area contributed by atoms with E-state index in [1.165, 1.54) is 24.3 Å². The van der Waals surface area contributed by atoms with Crippen LogP contribution in [0.1, 0.15) is 12.8 Å². The maximum atomic E-state index is 4.23. The predicted molar refractivity (Wildman–Crippen MR) is 68.7 cm³/mol. The zero-order valence-corrected chi connectivity index (χ0v) is 10.7. The molecule has 0 amide bonds. The quantitative estimate of drug-likeness (QED) is 0.849. The van der Waals surface area contributed by atoms with Crippen LogP contribution in [0, 0.1) is 3.57 Å². The largest absolute Gasteiger partial charge is 0.351 e. The second-order valence-electron chi connectivity index (χ2n) is 3.28. The van der Waals surface area contributed by atoms with Gasteiger partial charge in [0.15, 0.2) is 0 Å². The molecule has 5 heteroatoms. The fraction of sp³-hybridized carbons (Fsp3) is 0.556. The summed E-state index contributed by atoms with van der Waals surface area (Å²) in [5, 5.41) is 3.36. The van der Waals surface area contributed by atoms with Crippen molar-refractivity contribution in [3.05, 3.63) is 16.0 Å². The molecule has 1 N–H and O–H groups in total. The highest BCUT2D eigenvalue weighted by atomic mass is 127. The number of hydrogen-bond donors (Lipinski definition) is 1. The molecule has 0 radical (unpaired) electrons. The first-order valence-corrected chi connectivity index (χ1v) is 6.90. The molecule has 1 fully saturated rings. The molecule has 1 aromatic heterocycles. The van der Waals surface area contributed by atoms with Crippen molar-refractivity contribution >= 4 is 40.3 Å². The number of nitrogens with one attached hydrogen (secondary N) is 1. The third-order valence-corrected chi connectivity index (χ3v) is 3.89. The van der Waals surface area contributed by atoms with Crippen molar-refractivity contribution in [2.75, 3.05) is 16.8 Å². The van der Waals surface area contributed by atoms with E-state index < -0.39 is 0 Å². The highest BCUT2D eigenvalue weighted by Gasteiger charge is 2.13. The first kappa shape index (κ1) is 10.5. The Hall–Kier alpha value is -0.0400. The van der Waals surface area contributed by atoms with Gasteiger partial charge in [-0.2, -0.15) is 11.8 Å². The summed E-state index contributed by atoms with van der Waals surface area (Å²) >= 11 is 4.22. The summed E-state index contributed by atoms with van der Waals surface area (Å²) in [4.78, 5) is 8.47.